The van der Waals surface area contributed by atoms with E-state index in [0.717, 1.165) is 23.0 Å². The molecule has 24 heteroatoms. The number of alkyl halides is 9. The fourth-order valence-corrected chi connectivity index (χ4v) is 10.7. The summed E-state index contributed by atoms with van der Waals surface area (Å²) in [6, 6.07) is 17.3. The van der Waals surface area contributed by atoms with Gasteiger partial charge in [0.05, 0.1) is 39.1 Å². The molecule has 12 nitrogen and oxygen atoms in total. The Morgan fingerprint density at radius 1 is 0.833 bits per heavy atom. The van der Waals surface area contributed by atoms with Gasteiger partial charge < -0.3 is 54.6 Å². The molecule has 0 aromatic heterocycles. The Balaban J connectivity index is 0.000000520. The second-order valence-electron chi connectivity index (χ2n) is 19.7. The van der Waals surface area contributed by atoms with Gasteiger partial charge in [0, 0.05) is 63.2 Å². The van der Waals surface area contributed by atoms with Crippen LogP contribution in [0.3, 0.4) is 0 Å². The summed E-state index contributed by atoms with van der Waals surface area (Å²) in [5.41, 5.74) is 1.18. The molecule has 0 amide bonds. The summed E-state index contributed by atoms with van der Waals surface area (Å²) in [6.45, 7) is 7.08. The van der Waals surface area contributed by atoms with Crippen LogP contribution in [0.5, 0.6) is 5.75 Å². The van der Waals surface area contributed by atoms with Crippen molar-refractivity contribution in [3.8, 4) is 5.75 Å². The van der Waals surface area contributed by atoms with Gasteiger partial charge in [0.15, 0.2) is 5.78 Å². The van der Waals surface area contributed by atoms with Gasteiger partial charge in [-0.1, -0.05) is 50.2 Å². The summed E-state index contributed by atoms with van der Waals surface area (Å²) in [5, 5.41) is 4.37. The first-order valence-electron chi connectivity index (χ1n) is 25.5. The fourth-order valence-electron chi connectivity index (χ4n) is 10.7. The van der Waals surface area contributed by atoms with Crippen molar-refractivity contribution in [3.63, 3.8) is 0 Å². The average molecular weight is 1170 g/mol. The zero-order valence-electron chi connectivity index (χ0n) is 43.9. The number of nitrogens with zero attached hydrogens (tertiary/aromatic N) is 2. The van der Waals surface area contributed by atoms with E-state index in [1.165, 1.54) is 17.0 Å². The van der Waals surface area contributed by atoms with Gasteiger partial charge in [0.1, 0.15) is 42.8 Å². The zero-order valence-corrected chi connectivity index (χ0v) is 45.3. The van der Waals surface area contributed by atoms with Gasteiger partial charge in [0.2, 0.25) is 0 Å². The summed E-state index contributed by atoms with van der Waals surface area (Å²) in [4.78, 5) is 24.1. The maximum atomic E-state index is 14.9. The van der Waals surface area contributed by atoms with Crippen molar-refractivity contribution in [2.75, 3.05) is 84.6 Å². The van der Waals surface area contributed by atoms with Crippen molar-refractivity contribution in [2.24, 2.45) is 28.9 Å². The Labute approximate surface area is 460 Å². The first kappa shape index (κ1) is 68.4. The molecule has 0 aliphatic heterocycles. The largest absolute Gasteiger partial charge is 0.660 e. The summed E-state index contributed by atoms with van der Waals surface area (Å²) >= 11 is 0. The quantitative estimate of drug-likeness (QED) is 0.0243. The molecule has 0 heterocycles. The zero-order chi connectivity index (χ0) is 55.7. The number of ketones is 1. The van der Waals surface area contributed by atoms with Crippen LogP contribution in [-0.4, -0.2) is 127 Å². The number of benzene rings is 3. The van der Waals surface area contributed by atoms with Crippen molar-refractivity contribution < 1.29 is 110 Å². The number of nitrogens with two attached hydrogens (primary N) is 1. The third-order valence-electron chi connectivity index (χ3n) is 14.6. The molecular formula is C54H71F11N3O9V-. The number of halogens is 11. The number of fused-ring (bicyclic) bond motifs is 5. The first-order chi connectivity index (χ1) is 36.0. The van der Waals surface area contributed by atoms with Crippen LogP contribution in [0.15, 0.2) is 60.7 Å². The predicted octanol–water partition coefficient (Wildman–Crippen LogP) is 11.1. The normalized spacial score (nSPS) is 20.4. The molecule has 6 rings (SSSR count). The number of aryl methyl sites for hydroxylation is 1. The third kappa shape index (κ3) is 17.6. The van der Waals surface area contributed by atoms with Crippen LogP contribution in [0, 0.1) is 34.8 Å². The van der Waals surface area contributed by atoms with Crippen LogP contribution < -0.4 is 15.4 Å². The number of ether oxygens (including phenoxy) is 6. The molecule has 3 aromatic rings. The number of anilines is 1. The van der Waals surface area contributed by atoms with E-state index in [2.05, 4.69) is 10.1 Å². The molecule has 6 atom stereocenters. The van der Waals surface area contributed by atoms with Crippen molar-refractivity contribution in [3.05, 3.63) is 99.9 Å². The second-order valence-corrected chi connectivity index (χ2v) is 19.7. The topological polar surface area (TPSA) is 164 Å². The summed E-state index contributed by atoms with van der Waals surface area (Å²) in [7, 11) is 1.57. The van der Waals surface area contributed by atoms with Gasteiger partial charge in [-0.25, -0.2) is 8.78 Å². The average Bonchev–Trinajstić information content (AvgIpc) is 3.80. The van der Waals surface area contributed by atoms with Gasteiger partial charge in [-0.3, -0.25) is 4.79 Å². The monoisotopic (exact) mass is 1170 g/mol. The fraction of sp³-hybridized carbons (Fsp3) is 0.630. The number of Topliss-reactive ketones (excluding diaryl/α,β-unsaturated/α-hetero) is 1. The molecule has 1 radical (unpaired) electrons. The van der Waals surface area contributed by atoms with Gasteiger partial charge in [-0.2, -0.15) is 39.5 Å². The van der Waals surface area contributed by atoms with Crippen LogP contribution in [-0.2, 0) is 60.1 Å². The number of hydrogen-bond donors (Lipinski definition) is 1. The van der Waals surface area contributed by atoms with Crippen LogP contribution in [0.25, 0.3) is 5.32 Å². The number of hydrogen-bond acceptors (Lipinski definition) is 10. The van der Waals surface area contributed by atoms with Crippen LogP contribution in [0.1, 0.15) is 98.2 Å². The van der Waals surface area contributed by atoms with Crippen molar-refractivity contribution in [1.82, 2.24) is 0 Å². The SMILES string of the molecule is CC(C[N-]CCOCCOCCOCCN)C(=O)c1ccccc1.CN(CCCCC=O)c1c(F)cc(COc2ccc3c(c2)CCC2C3CCC3(C)C(OCOC(C(F)(F)F)(C(F)(F)F)C(F)(F)F)CCC23)cc1F.O.[V]. The Kier molecular flexibility index (Phi) is 27.5. The molecule has 3 aliphatic carbocycles. The van der Waals surface area contributed by atoms with E-state index >= 15 is 0 Å². The molecule has 3 aliphatic rings. The summed E-state index contributed by atoms with van der Waals surface area (Å²) in [6.07, 6.45) is -15.8. The third-order valence-corrected chi connectivity index (χ3v) is 14.6. The first-order valence-corrected chi connectivity index (χ1v) is 25.5. The van der Waals surface area contributed by atoms with Crippen LogP contribution in [0.2, 0.25) is 0 Å². The molecule has 3 aromatic carbocycles. The Bertz CT molecular complexity index is 2220. The molecule has 4 N–H and O–H groups in total. The van der Waals surface area contributed by atoms with E-state index < -0.39 is 54.1 Å². The van der Waals surface area contributed by atoms with Crippen molar-refractivity contribution in [2.45, 2.75) is 114 Å². The van der Waals surface area contributed by atoms with E-state index in [1.807, 2.05) is 56.3 Å². The number of carbonyl (C=O) groups is 2. The number of carbonyl (C=O) groups excluding carboxylic acids is 2. The van der Waals surface area contributed by atoms with E-state index in [0.29, 0.717) is 128 Å². The second kappa shape index (κ2) is 31.3. The molecule has 439 valence electrons. The summed E-state index contributed by atoms with van der Waals surface area (Å²) < 4.78 is 180. The van der Waals surface area contributed by atoms with E-state index in [1.54, 1.807) is 13.1 Å². The maximum Gasteiger partial charge on any atom is 0.435 e. The van der Waals surface area contributed by atoms with Gasteiger partial charge >= 0.3 is 24.1 Å². The predicted molar refractivity (Wildman–Crippen MR) is 265 cm³/mol. The minimum atomic E-state index is -6.83. The minimum absolute atomic E-state index is 0. The molecule has 0 spiro atoms. The van der Waals surface area contributed by atoms with Gasteiger partial charge in [0.25, 0.3) is 0 Å². The smallest absolute Gasteiger partial charge is 0.435 e. The Morgan fingerprint density at radius 3 is 2.05 bits per heavy atom. The number of unbranched alkanes of at least 4 members (excludes halogenated alkanes) is 2. The maximum absolute atomic E-state index is 14.9. The summed E-state index contributed by atoms with van der Waals surface area (Å²) in [5.74, 6) is -0.805. The molecule has 6 unspecified atom stereocenters. The molecular weight excluding hydrogens is 1090 g/mol. The van der Waals surface area contributed by atoms with E-state index in [-0.39, 0.29) is 72.2 Å². The molecule has 78 heavy (non-hydrogen) atoms. The van der Waals surface area contributed by atoms with Crippen molar-refractivity contribution >= 4 is 17.8 Å². The number of rotatable bonds is 28. The number of aldehydes is 1. The van der Waals surface area contributed by atoms with E-state index in [4.69, 9.17) is 29.4 Å². The standard InChI is InChI=1S/C36H40F11NO4.C18H29N2O4.H2O.V/c1-32-13-12-25-24-9-7-23(50-19-21-16-28(37)31(29(38)17-21)48(2)14-4-3-5-15-49)18-22(24)6-8-26(25)27(32)10-11-30(32)51-20-52-33(34(39,40)41,35(42,43)44)36(45,46)47;1-16(18(21)17-5-3-2-4-6-17)15-20-8-10-23-12-14-24-13-11-22-9-7-19;;/h7,9,15-18,25-27,30H,3-6,8,10-14,19-20H2,1-2H3;2-6,16H,7-15,19H2,1H3;1H2;/q;-1;;. The van der Waals surface area contributed by atoms with Gasteiger partial charge in [-0.15, -0.1) is 13.1 Å². The minimum Gasteiger partial charge on any atom is -0.660 e. The molecule has 2 saturated carbocycles. The Hall–Kier alpha value is -3.91. The van der Waals surface area contributed by atoms with E-state index in [9.17, 15) is 57.9 Å². The van der Waals surface area contributed by atoms with Crippen LogP contribution >= 0.6 is 0 Å². The van der Waals surface area contributed by atoms with Gasteiger partial charge in [-0.05, 0) is 115 Å². The molecule has 2 fully saturated rings. The molecule has 0 saturated heterocycles. The van der Waals surface area contributed by atoms with Crippen molar-refractivity contribution in [1.29, 1.82) is 0 Å². The molecule has 0 bridgehead atoms. The Morgan fingerprint density at radius 2 is 1.45 bits per heavy atom. The van der Waals surface area contributed by atoms with Crippen LogP contribution in [0.4, 0.5) is 54.0 Å².